The minimum Gasteiger partial charge on any atom is -0.506 e. The van der Waals surface area contributed by atoms with Gasteiger partial charge < -0.3 is 40.6 Å². The maximum atomic E-state index is 12.4. The number of nitrogens with one attached hydrogen (secondary N) is 3. The van der Waals surface area contributed by atoms with Gasteiger partial charge in [0, 0.05) is 30.5 Å². The van der Waals surface area contributed by atoms with Gasteiger partial charge in [0.15, 0.2) is 0 Å². The van der Waals surface area contributed by atoms with Crippen LogP contribution in [0.1, 0.15) is 74.2 Å². The van der Waals surface area contributed by atoms with Crippen molar-refractivity contribution < 1.29 is 24.9 Å². The lowest BCUT2D eigenvalue weighted by molar-refractivity contribution is 0.00716. The van der Waals surface area contributed by atoms with Crippen LogP contribution in [0.4, 0.5) is 4.79 Å². The Kier molecular flexibility index (Phi) is 11.7. The molecule has 266 valence electrons. The largest absolute Gasteiger partial charge is 0.506 e. The van der Waals surface area contributed by atoms with Crippen molar-refractivity contribution in [3.63, 3.8) is 0 Å². The number of carboxylic acid groups (broad SMARTS) is 1. The number of aromatic hydroxyl groups is 1. The number of aromatic amines is 1. The summed E-state index contributed by atoms with van der Waals surface area (Å²) >= 11 is 0. The Morgan fingerprint density at radius 3 is 2.40 bits per heavy atom. The monoisotopic (exact) mass is 682 g/mol. The number of phenols is 1. The van der Waals surface area contributed by atoms with Gasteiger partial charge in [-0.1, -0.05) is 74.2 Å². The Bertz CT molecular complexity index is 1770. The lowest BCUT2D eigenvalue weighted by Crippen LogP contribution is -2.61. The molecule has 10 heteroatoms. The summed E-state index contributed by atoms with van der Waals surface area (Å²) in [7, 11) is 0. The Hall–Kier alpha value is -4.38. The predicted octanol–water partition coefficient (Wildman–Crippen LogP) is 6.13. The van der Waals surface area contributed by atoms with Crippen molar-refractivity contribution in [2.75, 3.05) is 39.3 Å². The van der Waals surface area contributed by atoms with E-state index in [2.05, 4.69) is 20.5 Å². The van der Waals surface area contributed by atoms with Gasteiger partial charge in [-0.25, -0.2) is 4.79 Å². The molecule has 10 nitrogen and oxygen atoms in total. The number of pyridine rings is 1. The molecule has 1 aromatic heterocycles. The molecule has 3 unspecified atom stereocenters. The van der Waals surface area contributed by atoms with Gasteiger partial charge >= 0.3 is 6.09 Å². The summed E-state index contributed by atoms with van der Waals surface area (Å²) in [5.74, 6) is 1.31. The highest BCUT2D eigenvalue weighted by molar-refractivity contribution is 5.87. The number of benzene rings is 3. The molecule has 0 spiro atoms. The standard InChI is InChI=1S/C40H50N4O6/c45-35-17-15-32(33-16-18-37(47)42-38(33)35)36(46)26-41-21-8-3-1-2-4-9-24-50-31-14-10-13-30(25-31)40(43-39(48)49,29-11-6-5-7-12-29)34-27-44-22-19-28(34)20-23-44/h5-7,10-18,25,28,34,36,41,43,45-46H,1-4,8-9,19-24,26-27H2,(H,42,47)(H,48,49). The van der Waals surface area contributed by atoms with E-state index in [4.69, 9.17) is 4.74 Å². The van der Waals surface area contributed by atoms with Crippen LogP contribution in [-0.2, 0) is 5.54 Å². The summed E-state index contributed by atoms with van der Waals surface area (Å²) in [5, 5.41) is 38.0. The Morgan fingerprint density at radius 2 is 1.66 bits per heavy atom. The van der Waals surface area contributed by atoms with E-state index in [9.17, 15) is 24.9 Å². The molecule has 7 rings (SSSR count). The molecular weight excluding hydrogens is 632 g/mol. The molecule has 1 amide bonds. The molecule has 50 heavy (non-hydrogen) atoms. The normalized spacial score (nSPS) is 20.3. The van der Waals surface area contributed by atoms with Crippen LogP contribution in [0.25, 0.3) is 10.9 Å². The number of amides is 1. The highest BCUT2D eigenvalue weighted by Crippen LogP contribution is 2.47. The number of aliphatic hydroxyl groups excluding tert-OH is 1. The maximum absolute atomic E-state index is 12.4. The van der Waals surface area contributed by atoms with Crippen molar-refractivity contribution in [1.29, 1.82) is 0 Å². The van der Waals surface area contributed by atoms with Crippen LogP contribution in [-0.4, -0.2) is 70.6 Å². The lowest BCUT2D eigenvalue weighted by Gasteiger charge is -2.53. The third kappa shape index (κ3) is 8.15. The second kappa shape index (κ2) is 16.6. The van der Waals surface area contributed by atoms with Crippen molar-refractivity contribution in [1.82, 2.24) is 20.5 Å². The number of piperidine rings is 3. The number of carbonyl (C=O) groups is 1. The summed E-state index contributed by atoms with van der Waals surface area (Å²) in [4.78, 5) is 29.2. The van der Waals surface area contributed by atoms with Crippen LogP contribution in [0.3, 0.4) is 0 Å². The maximum Gasteiger partial charge on any atom is 0.405 e. The first kappa shape index (κ1) is 35.4. The molecule has 3 saturated heterocycles. The third-order valence-electron chi connectivity index (χ3n) is 10.7. The molecule has 4 heterocycles. The van der Waals surface area contributed by atoms with Gasteiger partial charge in [0.25, 0.3) is 0 Å². The number of H-pyrrole nitrogens is 1. The molecule has 0 aliphatic carbocycles. The molecule has 3 aliphatic heterocycles. The summed E-state index contributed by atoms with van der Waals surface area (Å²) in [6, 6.07) is 24.3. The molecule has 3 fully saturated rings. The average Bonchev–Trinajstić information content (AvgIpc) is 3.14. The minimum absolute atomic E-state index is 0.0160. The van der Waals surface area contributed by atoms with Crippen molar-refractivity contribution in [2.24, 2.45) is 11.8 Å². The summed E-state index contributed by atoms with van der Waals surface area (Å²) in [5.41, 5.74) is 1.73. The van der Waals surface area contributed by atoms with Crippen molar-refractivity contribution in [2.45, 2.75) is 63.0 Å². The number of fused-ring (bicyclic) bond motifs is 4. The van der Waals surface area contributed by atoms with Crippen LogP contribution in [0, 0.1) is 11.8 Å². The molecule has 0 saturated carbocycles. The summed E-state index contributed by atoms with van der Waals surface area (Å²) < 4.78 is 6.24. The molecule has 0 radical (unpaired) electrons. The van der Waals surface area contributed by atoms with Gasteiger partial charge in [-0.3, -0.25) is 4.79 Å². The van der Waals surface area contributed by atoms with Gasteiger partial charge in [0.1, 0.15) is 11.5 Å². The van der Waals surface area contributed by atoms with Crippen LogP contribution in [0.15, 0.2) is 83.7 Å². The zero-order chi connectivity index (χ0) is 34.9. The predicted molar refractivity (Wildman–Crippen MR) is 195 cm³/mol. The number of aromatic nitrogens is 1. The van der Waals surface area contributed by atoms with Crippen LogP contribution >= 0.6 is 0 Å². The topological polar surface area (TPSA) is 147 Å². The highest BCUT2D eigenvalue weighted by Gasteiger charge is 2.50. The fourth-order valence-corrected chi connectivity index (χ4v) is 8.14. The number of hydrogen-bond acceptors (Lipinski definition) is 7. The van der Waals surface area contributed by atoms with Crippen molar-refractivity contribution >= 4 is 17.0 Å². The van der Waals surface area contributed by atoms with Gasteiger partial charge in [-0.2, -0.15) is 0 Å². The van der Waals surface area contributed by atoms with Crippen LogP contribution < -0.4 is 20.9 Å². The first-order valence-electron chi connectivity index (χ1n) is 18.1. The zero-order valence-corrected chi connectivity index (χ0v) is 28.7. The third-order valence-corrected chi connectivity index (χ3v) is 10.7. The molecule has 3 aromatic carbocycles. The number of rotatable bonds is 17. The molecular formula is C40H50N4O6. The number of phenolic OH excluding ortho intramolecular Hbond substituents is 1. The van der Waals surface area contributed by atoms with Crippen molar-refractivity contribution in [3.05, 3.63) is 106 Å². The number of aliphatic hydroxyl groups is 1. The van der Waals surface area contributed by atoms with Crippen LogP contribution in [0.5, 0.6) is 11.5 Å². The van der Waals surface area contributed by atoms with Gasteiger partial charge in [0.2, 0.25) is 5.56 Å². The van der Waals surface area contributed by atoms with Gasteiger partial charge in [-0.05, 0) is 92.2 Å². The van der Waals surface area contributed by atoms with E-state index in [1.807, 2.05) is 54.6 Å². The Labute approximate surface area is 293 Å². The number of hydrogen-bond donors (Lipinski definition) is 6. The van der Waals surface area contributed by atoms with E-state index in [0.29, 0.717) is 35.5 Å². The minimum atomic E-state index is -1.02. The summed E-state index contributed by atoms with van der Waals surface area (Å²) in [6.45, 7) is 4.81. The Balaban J connectivity index is 0.949. The first-order chi connectivity index (χ1) is 24.3. The lowest BCUT2D eigenvalue weighted by atomic mass is 9.63. The zero-order valence-electron chi connectivity index (χ0n) is 28.7. The van der Waals surface area contributed by atoms with E-state index in [0.717, 1.165) is 94.4 Å². The quantitative estimate of drug-likeness (QED) is 0.0730. The fraction of sp³-hybridized carbons (Fsp3) is 0.450. The van der Waals surface area contributed by atoms with Crippen LogP contribution in [0.2, 0.25) is 0 Å². The second-order valence-electron chi connectivity index (χ2n) is 13.9. The van der Waals surface area contributed by atoms with E-state index < -0.39 is 17.7 Å². The van der Waals surface area contributed by atoms with Gasteiger partial charge in [-0.15, -0.1) is 0 Å². The smallest absolute Gasteiger partial charge is 0.405 e. The molecule has 6 N–H and O–H groups in total. The van der Waals surface area contributed by atoms with E-state index in [1.54, 1.807) is 12.1 Å². The summed E-state index contributed by atoms with van der Waals surface area (Å²) in [6.07, 6.45) is 6.73. The SMILES string of the molecule is O=C(O)NC(c1ccccc1)(c1cccc(OCCCCCCCCNCC(O)c2ccc(O)c3[nH]c(=O)ccc23)c1)C1CN2CCC1CC2. The molecule has 2 bridgehead atoms. The average molecular weight is 683 g/mol. The molecule has 3 atom stereocenters. The Morgan fingerprint density at radius 1 is 0.920 bits per heavy atom. The van der Waals surface area contributed by atoms with E-state index in [1.165, 1.54) is 12.1 Å². The van der Waals surface area contributed by atoms with Gasteiger partial charge in [0.05, 0.1) is 23.8 Å². The highest BCUT2D eigenvalue weighted by atomic mass is 16.5. The fourth-order valence-electron chi connectivity index (χ4n) is 8.14. The van der Waals surface area contributed by atoms with E-state index >= 15 is 0 Å². The van der Waals surface area contributed by atoms with E-state index in [-0.39, 0.29) is 17.2 Å². The number of ether oxygens (including phenoxy) is 1. The first-order valence-corrected chi connectivity index (χ1v) is 18.1. The number of unbranched alkanes of at least 4 members (excludes halogenated alkanes) is 5. The second-order valence-corrected chi connectivity index (χ2v) is 13.9. The van der Waals surface area contributed by atoms with Crippen molar-refractivity contribution in [3.8, 4) is 11.5 Å². The molecule has 3 aliphatic rings. The molecule has 4 aromatic rings. The number of nitrogens with zero attached hydrogens (tertiary/aromatic N) is 1.